The zero-order valence-corrected chi connectivity index (χ0v) is 10.4. The Morgan fingerprint density at radius 1 is 1.29 bits per heavy atom. The lowest BCUT2D eigenvalue weighted by Crippen LogP contribution is -2.61. The third-order valence-corrected chi connectivity index (χ3v) is 5.85. The predicted octanol–water partition coefficient (Wildman–Crippen LogP) is 3.20. The largest absolute Gasteiger partial charge is 0.313 e. The van der Waals surface area contributed by atoms with E-state index in [1.807, 2.05) is 0 Å². The molecule has 1 heteroatoms. The van der Waals surface area contributed by atoms with Gasteiger partial charge < -0.3 is 5.32 Å². The van der Waals surface area contributed by atoms with Gasteiger partial charge in [-0.3, -0.25) is 0 Å². The van der Waals surface area contributed by atoms with Gasteiger partial charge in [-0.25, -0.2) is 0 Å². The van der Waals surface area contributed by atoms with E-state index in [9.17, 15) is 0 Å². The Kier molecular flexibility index (Phi) is 2.06. The quantitative estimate of drug-likeness (QED) is 0.713. The molecule has 14 heavy (non-hydrogen) atoms. The van der Waals surface area contributed by atoms with E-state index in [-0.39, 0.29) is 0 Å². The maximum Gasteiger partial charge on any atom is 0.0283 e. The van der Waals surface area contributed by atoms with Gasteiger partial charge in [-0.15, -0.1) is 0 Å². The molecule has 82 valence electrons. The number of hydrogen-bond donors (Lipinski definition) is 1. The molecule has 2 saturated carbocycles. The van der Waals surface area contributed by atoms with Gasteiger partial charge in [-0.05, 0) is 49.5 Å². The van der Waals surface area contributed by atoms with Crippen molar-refractivity contribution < 1.29 is 0 Å². The van der Waals surface area contributed by atoms with E-state index >= 15 is 0 Å². The summed E-state index contributed by atoms with van der Waals surface area (Å²) in [5, 5.41) is 3.69. The topological polar surface area (TPSA) is 12.0 Å². The predicted molar refractivity (Wildman–Crippen MR) is 61.3 cm³/mol. The summed E-state index contributed by atoms with van der Waals surface area (Å²) in [6.45, 7) is 9.80. The van der Waals surface area contributed by atoms with Crippen molar-refractivity contribution in [2.75, 3.05) is 7.05 Å². The van der Waals surface area contributed by atoms with Gasteiger partial charge in [0.2, 0.25) is 0 Å². The normalized spacial score (nSPS) is 49.9. The summed E-state index contributed by atoms with van der Waals surface area (Å²) in [6.07, 6.45) is 5.58. The van der Waals surface area contributed by atoms with Crippen molar-refractivity contribution in [1.82, 2.24) is 5.32 Å². The van der Waals surface area contributed by atoms with Gasteiger partial charge in [0.15, 0.2) is 0 Å². The number of hydrogen-bond acceptors (Lipinski definition) is 1. The molecule has 2 bridgehead atoms. The Bertz CT molecular complexity index is 233. The number of nitrogens with one attached hydrogen (secondary N) is 1. The average Bonchev–Trinajstić information content (AvgIpc) is 2.57. The van der Waals surface area contributed by atoms with Crippen molar-refractivity contribution >= 4 is 0 Å². The second kappa shape index (κ2) is 2.75. The molecule has 0 aromatic carbocycles. The minimum Gasteiger partial charge on any atom is -0.313 e. The highest BCUT2D eigenvalue weighted by atomic mass is 15.0. The fraction of sp³-hybridized carbons (Fsp3) is 1.00. The molecular weight excluding hydrogens is 170 g/mol. The molecule has 0 aromatic rings. The van der Waals surface area contributed by atoms with Crippen LogP contribution in [0.5, 0.6) is 0 Å². The van der Waals surface area contributed by atoms with Crippen LogP contribution < -0.4 is 5.32 Å². The Morgan fingerprint density at radius 2 is 1.93 bits per heavy atom. The molecule has 0 radical (unpaired) electrons. The number of fused-ring (bicyclic) bond motifs is 2. The van der Waals surface area contributed by atoms with Gasteiger partial charge in [0.25, 0.3) is 0 Å². The van der Waals surface area contributed by atoms with E-state index < -0.39 is 0 Å². The van der Waals surface area contributed by atoms with Gasteiger partial charge in [0, 0.05) is 5.54 Å². The van der Waals surface area contributed by atoms with Crippen molar-refractivity contribution in [2.24, 2.45) is 16.7 Å². The molecule has 2 rings (SSSR count). The third-order valence-electron chi connectivity index (χ3n) is 5.85. The van der Waals surface area contributed by atoms with Crippen molar-refractivity contribution in [1.29, 1.82) is 0 Å². The van der Waals surface area contributed by atoms with Crippen LogP contribution in [0.2, 0.25) is 0 Å². The Labute approximate surface area is 88.7 Å². The molecule has 1 nitrogen and oxygen atoms in total. The average molecular weight is 195 g/mol. The van der Waals surface area contributed by atoms with Crippen LogP contribution in [0, 0.1) is 16.7 Å². The molecule has 0 amide bonds. The lowest BCUT2D eigenvalue weighted by atomic mass is 9.57. The highest BCUT2D eigenvalue weighted by molar-refractivity contribution is 5.20. The summed E-state index contributed by atoms with van der Waals surface area (Å²) in [5.41, 5.74) is 1.40. The van der Waals surface area contributed by atoms with Crippen molar-refractivity contribution in [3.8, 4) is 0 Å². The van der Waals surface area contributed by atoms with Crippen LogP contribution >= 0.6 is 0 Å². The minimum atomic E-state index is 0.378. The Hall–Kier alpha value is -0.0400. The van der Waals surface area contributed by atoms with Crippen LogP contribution in [0.1, 0.15) is 53.4 Å². The van der Waals surface area contributed by atoms with Crippen LogP contribution in [0.3, 0.4) is 0 Å². The second-order valence-corrected chi connectivity index (χ2v) is 6.23. The molecule has 0 unspecified atom stereocenters. The van der Waals surface area contributed by atoms with Crippen LogP contribution in [0.4, 0.5) is 0 Å². The van der Waals surface area contributed by atoms with Crippen molar-refractivity contribution in [2.45, 2.75) is 58.9 Å². The third kappa shape index (κ3) is 0.856. The highest BCUT2D eigenvalue weighted by Gasteiger charge is 2.67. The molecule has 0 heterocycles. The summed E-state index contributed by atoms with van der Waals surface area (Å²) in [7, 11) is 2.16. The van der Waals surface area contributed by atoms with E-state index in [0.717, 1.165) is 5.92 Å². The van der Waals surface area contributed by atoms with Crippen LogP contribution in [-0.2, 0) is 0 Å². The first-order chi connectivity index (χ1) is 6.43. The second-order valence-electron chi connectivity index (χ2n) is 6.23. The number of rotatable bonds is 2. The molecular formula is C13H25N. The summed E-state index contributed by atoms with van der Waals surface area (Å²) in [5.74, 6) is 0.944. The van der Waals surface area contributed by atoms with Gasteiger partial charge in [-0.2, -0.15) is 0 Å². The van der Waals surface area contributed by atoms with Gasteiger partial charge in [0.05, 0.1) is 0 Å². The molecule has 2 aliphatic carbocycles. The summed E-state index contributed by atoms with van der Waals surface area (Å²) in [4.78, 5) is 0. The monoisotopic (exact) mass is 195 g/mol. The summed E-state index contributed by atoms with van der Waals surface area (Å²) in [6, 6.07) is 0. The maximum absolute atomic E-state index is 3.69. The standard InChI is InChI=1S/C13H25N/c1-6-13(14-5)11(2,3)10-7-8-12(13,4)9-10/h10,14H,6-9H2,1-5H3/t10-,12-,13+/m0/s1. The molecule has 0 aromatic heterocycles. The SMILES string of the molecule is CC[C@@]1(NC)C(C)(C)[C@H]2CC[C@@]1(C)C2. The zero-order chi connectivity index (χ0) is 10.6. The van der Waals surface area contributed by atoms with E-state index in [4.69, 9.17) is 0 Å². The van der Waals surface area contributed by atoms with Crippen molar-refractivity contribution in [3.63, 3.8) is 0 Å². The van der Waals surface area contributed by atoms with Gasteiger partial charge in [-0.1, -0.05) is 27.7 Å². The van der Waals surface area contributed by atoms with E-state index in [1.165, 1.54) is 25.7 Å². The molecule has 3 atom stereocenters. The molecule has 2 aliphatic rings. The molecule has 0 aliphatic heterocycles. The van der Waals surface area contributed by atoms with Gasteiger partial charge >= 0.3 is 0 Å². The lowest BCUT2D eigenvalue weighted by Gasteiger charge is -2.54. The Balaban J connectivity index is 2.47. The Morgan fingerprint density at radius 3 is 2.21 bits per heavy atom. The minimum absolute atomic E-state index is 0.378. The molecule has 1 N–H and O–H groups in total. The first-order valence-corrected chi connectivity index (χ1v) is 6.12. The van der Waals surface area contributed by atoms with Gasteiger partial charge in [0.1, 0.15) is 0 Å². The van der Waals surface area contributed by atoms with Crippen LogP contribution in [0.15, 0.2) is 0 Å². The lowest BCUT2D eigenvalue weighted by molar-refractivity contribution is 0.00735. The smallest absolute Gasteiger partial charge is 0.0283 e. The van der Waals surface area contributed by atoms with Crippen molar-refractivity contribution in [3.05, 3.63) is 0 Å². The summed E-state index contributed by atoms with van der Waals surface area (Å²) < 4.78 is 0. The summed E-state index contributed by atoms with van der Waals surface area (Å²) >= 11 is 0. The molecule has 0 spiro atoms. The van der Waals surface area contributed by atoms with Crippen LogP contribution in [0.25, 0.3) is 0 Å². The molecule has 0 saturated heterocycles. The van der Waals surface area contributed by atoms with E-state index in [2.05, 4.69) is 40.1 Å². The fourth-order valence-corrected chi connectivity index (χ4v) is 5.05. The first kappa shape index (κ1) is 10.5. The first-order valence-electron chi connectivity index (χ1n) is 6.12. The molecule has 2 fully saturated rings. The highest BCUT2D eigenvalue weighted by Crippen LogP contribution is 2.68. The van der Waals surface area contributed by atoms with E-state index in [1.54, 1.807) is 0 Å². The van der Waals surface area contributed by atoms with Crippen LogP contribution in [-0.4, -0.2) is 12.6 Å². The zero-order valence-electron chi connectivity index (χ0n) is 10.4. The maximum atomic E-state index is 3.69. The fourth-order valence-electron chi connectivity index (χ4n) is 5.05. The van der Waals surface area contributed by atoms with E-state index in [0.29, 0.717) is 16.4 Å².